The van der Waals surface area contributed by atoms with Crippen LogP contribution in [0.5, 0.6) is 0 Å². The van der Waals surface area contributed by atoms with Crippen LogP contribution >= 0.6 is 11.6 Å². The van der Waals surface area contributed by atoms with Gasteiger partial charge in [-0.3, -0.25) is 4.98 Å². The lowest BCUT2D eigenvalue weighted by atomic mass is 9.99. The van der Waals surface area contributed by atoms with Crippen molar-refractivity contribution < 1.29 is 0 Å². The maximum Gasteiger partial charge on any atom is 0.142 e. The number of nitrogen functional groups attached to an aromatic ring is 1. The summed E-state index contributed by atoms with van der Waals surface area (Å²) in [5.74, 6) is 0.193. The van der Waals surface area contributed by atoms with Crippen molar-refractivity contribution in [3.8, 4) is 28.5 Å². The number of nitrogens with two attached hydrogens (primary N) is 1. The van der Waals surface area contributed by atoms with E-state index in [2.05, 4.69) is 16.0 Å². The molecular formula is C17H11ClN4. The average Bonchev–Trinajstić information content (AvgIpc) is 2.55. The third-order valence-electron chi connectivity index (χ3n) is 3.25. The summed E-state index contributed by atoms with van der Waals surface area (Å²) >= 11 is 6.05. The van der Waals surface area contributed by atoms with Gasteiger partial charge in [0.05, 0.1) is 5.69 Å². The first kappa shape index (κ1) is 14.1. The van der Waals surface area contributed by atoms with E-state index in [9.17, 15) is 5.26 Å². The van der Waals surface area contributed by atoms with Crippen molar-refractivity contribution >= 4 is 17.4 Å². The highest BCUT2D eigenvalue weighted by molar-refractivity contribution is 6.30. The summed E-state index contributed by atoms with van der Waals surface area (Å²) in [6.45, 7) is 0. The molecule has 0 saturated heterocycles. The van der Waals surface area contributed by atoms with Crippen LogP contribution in [0.1, 0.15) is 5.56 Å². The minimum absolute atomic E-state index is 0.193. The Balaban J connectivity index is 2.25. The number of nitriles is 1. The molecular weight excluding hydrogens is 296 g/mol. The summed E-state index contributed by atoms with van der Waals surface area (Å²) in [5.41, 5.74) is 9.33. The molecule has 0 amide bonds. The fraction of sp³-hybridized carbons (Fsp3) is 0. The highest BCUT2D eigenvalue weighted by atomic mass is 35.5. The lowest BCUT2D eigenvalue weighted by Gasteiger charge is -2.10. The number of benzene rings is 1. The smallest absolute Gasteiger partial charge is 0.142 e. The predicted octanol–water partition coefficient (Wildman–Crippen LogP) is 3.92. The van der Waals surface area contributed by atoms with Crippen LogP contribution in [0.25, 0.3) is 22.4 Å². The number of rotatable bonds is 2. The topological polar surface area (TPSA) is 75.6 Å². The number of anilines is 1. The molecule has 22 heavy (non-hydrogen) atoms. The Morgan fingerprint density at radius 1 is 1.09 bits per heavy atom. The Kier molecular flexibility index (Phi) is 3.73. The van der Waals surface area contributed by atoms with Gasteiger partial charge in [0.15, 0.2) is 0 Å². The minimum Gasteiger partial charge on any atom is -0.383 e. The molecule has 5 heteroatoms. The van der Waals surface area contributed by atoms with Crippen LogP contribution in [0.2, 0.25) is 5.02 Å². The second-order valence-corrected chi connectivity index (χ2v) is 5.12. The number of pyridine rings is 2. The Morgan fingerprint density at radius 3 is 2.59 bits per heavy atom. The normalized spacial score (nSPS) is 10.2. The van der Waals surface area contributed by atoms with Gasteiger partial charge in [0.2, 0.25) is 0 Å². The summed E-state index contributed by atoms with van der Waals surface area (Å²) in [6, 6.07) is 15.0. The fourth-order valence-corrected chi connectivity index (χ4v) is 2.42. The zero-order chi connectivity index (χ0) is 15.5. The molecule has 0 aliphatic heterocycles. The number of halogens is 1. The third-order valence-corrected chi connectivity index (χ3v) is 3.49. The van der Waals surface area contributed by atoms with Gasteiger partial charge < -0.3 is 5.73 Å². The summed E-state index contributed by atoms with van der Waals surface area (Å²) in [4.78, 5) is 8.39. The molecule has 3 rings (SSSR count). The van der Waals surface area contributed by atoms with E-state index in [1.807, 2.05) is 30.3 Å². The zero-order valence-electron chi connectivity index (χ0n) is 11.5. The van der Waals surface area contributed by atoms with Gasteiger partial charge in [0.1, 0.15) is 17.5 Å². The Bertz CT molecular complexity index is 870. The standard InChI is InChI=1S/C17H11ClN4/c18-13-5-1-3-11(7-13)14-8-16(12-4-2-6-21-10-12)22-17(20)15(14)9-19/h1-8,10H,(H2,20,22). The van der Waals surface area contributed by atoms with Gasteiger partial charge in [-0.15, -0.1) is 0 Å². The predicted molar refractivity (Wildman–Crippen MR) is 87.0 cm³/mol. The highest BCUT2D eigenvalue weighted by Gasteiger charge is 2.13. The van der Waals surface area contributed by atoms with Crippen molar-refractivity contribution in [3.63, 3.8) is 0 Å². The summed E-state index contributed by atoms with van der Waals surface area (Å²) in [6.07, 6.45) is 3.39. The van der Waals surface area contributed by atoms with Gasteiger partial charge in [-0.1, -0.05) is 23.7 Å². The lowest BCUT2D eigenvalue weighted by molar-refractivity contribution is 1.27. The number of hydrogen-bond donors (Lipinski definition) is 1. The van der Waals surface area contributed by atoms with E-state index in [1.54, 1.807) is 24.5 Å². The number of aromatic nitrogens is 2. The van der Waals surface area contributed by atoms with E-state index in [1.165, 1.54) is 0 Å². The molecule has 0 fully saturated rings. The zero-order valence-corrected chi connectivity index (χ0v) is 12.2. The number of hydrogen-bond acceptors (Lipinski definition) is 4. The molecule has 0 atom stereocenters. The second-order valence-electron chi connectivity index (χ2n) is 4.68. The SMILES string of the molecule is N#Cc1c(-c2cccc(Cl)c2)cc(-c2cccnc2)nc1N. The quantitative estimate of drug-likeness (QED) is 0.778. The van der Waals surface area contributed by atoms with Gasteiger partial charge in [0.25, 0.3) is 0 Å². The van der Waals surface area contributed by atoms with E-state index in [0.717, 1.165) is 11.1 Å². The molecule has 0 bridgehead atoms. The van der Waals surface area contributed by atoms with E-state index >= 15 is 0 Å². The molecule has 2 N–H and O–H groups in total. The van der Waals surface area contributed by atoms with E-state index in [-0.39, 0.29) is 5.82 Å². The van der Waals surface area contributed by atoms with Crippen molar-refractivity contribution in [2.45, 2.75) is 0 Å². The van der Waals surface area contributed by atoms with E-state index in [4.69, 9.17) is 17.3 Å². The first-order valence-corrected chi connectivity index (χ1v) is 6.94. The highest BCUT2D eigenvalue weighted by Crippen LogP contribution is 2.31. The van der Waals surface area contributed by atoms with Crippen molar-refractivity contribution in [1.29, 1.82) is 5.26 Å². The molecule has 3 aromatic rings. The molecule has 0 aliphatic rings. The molecule has 0 unspecified atom stereocenters. The van der Waals surface area contributed by atoms with Crippen molar-refractivity contribution in [2.75, 3.05) is 5.73 Å². The molecule has 2 aromatic heterocycles. The summed E-state index contributed by atoms with van der Waals surface area (Å²) in [7, 11) is 0. The average molecular weight is 307 g/mol. The van der Waals surface area contributed by atoms with Crippen LogP contribution in [0, 0.1) is 11.3 Å². The van der Waals surface area contributed by atoms with Gasteiger partial charge in [-0.2, -0.15) is 5.26 Å². The van der Waals surface area contributed by atoms with Gasteiger partial charge in [0, 0.05) is 28.5 Å². The molecule has 0 saturated carbocycles. The Morgan fingerprint density at radius 2 is 1.91 bits per heavy atom. The van der Waals surface area contributed by atoms with Crippen LogP contribution in [0.15, 0.2) is 54.9 Å². The second kappa shape index (κ2) is 5.84. The first-order valence-electron chi connectivity index (χ1n) is 6.56. The molecule has 4 nitrogen and oxygen atoms in total. The van der Waals surface area contributed by atoms with Crippen LogP contribution < -0.4 is 5.73 Å². The maximum atomic E-state index is 9.38. The van der Waals surface area contributed by atoms with E-state index < -0.39 is 0 Å². The molecule has 0 radical (unpaired) electrons. The molecule has 2 heterocycles. The van der Waals surface area contributed by atoms with Gasteiger partial charge >= 0.3 is 0 Å². The monoisotopic (exact) mass is 306 g/mol. The van der Waals surface area contributed by atoms with Crippen molar-refractivity contribution in [3.05, 3.63) is 65.4 Å². The Hall–Kier alpha value is -2.90. The molecule has 0 aliphatic carbocycles. The number of nitrogens with zero attached hydrogens (tertiary/aromatic N) is 3. The van der Waals surface area contributed by atoms with Crippen molar-refractivity contribution in [2.24, 2.45) is 0 Å². The lowest BCUT2D eigenvalue weighted by Crippen LogP contribution is -1.99. The van der Waals surface area contributed by atoms with Crippen LogP contribution in [0.4, 0.5) is 5.82 Å². The molecule has 1 aromatic carbocycles. The fourth-order valence-electron chi connectivity index (χ4n) is 2.23. The largest absolute Gasteiger partial charge is 0.383 e. The van der Waals surface area contributed by atoms with Gasteiger partial charge in [-0.25, -0.2) is 4.98 Å². The third kappa shape index (κ3) is 2.62. The molecule has 0 spiro atoms. The van der Waals surface area contributed by atoms with Crippen molar-refractivity contribution in [1.82, 2.24) is 9.97 Å². The first-order chi connectivity index (χ1) is 10.7. The Labute approximate surface area is 132 Å². The van der Waals surface area contributed by atoms with Gasteiger partial charge in [-0.05, 0) is 35.9 Å². The molecule has 106 valence electrons. The summed E-state index contributed by atoms with van der Waals surface area (Å²) < 4.78 is 0. The van der Waals surface area contributed by atoms with Crippen LogP contribution in [0.3, 0.4) is 0 Å². The summed E-state index contributed by atoms with van der Waals surface area (Å²) in [5, 5.41) is 9.97. The van der Waals surface area contributed by atoms with E-state index in [0.29, 0.717) is 21.8 Å². The van der Waals surface area contributed by atoms with Crippen LogP contribution in [-0.2, 0) is 0 Å². The minimum atomic E-state index is 0.193. The van der Waals surface area contributed by atoms with Crippen LogP contribution in [-0.4, -0.2) is 9.97 Å². The maximum absolute atomic E-state index is 9.38.